The van der Waals surface area contributed by atoms with Crippen molar-refractivity contribution in [3.8, 4) is 5.88 Å². The molecule has 1 rings (SSSR count). The molecule has 0 atom stereocenters. The number of hydrogen-bond acceptors (Lipinski definition) is 4. The van der Waals surface area contributed by atoms with Crippen molar-refractivity contribution in [2.24, 2.45) is 0 Å². The molecule has 0 saturated carbocycles. The number of pyridine rings is 1. The number of aryl methyl sites for hydroxylation is 1. The molecular formula is C10H9F3INO3. The molecular weight excluding hydrogens is 366 g/mol. The lowest BCUT2D eigenvalue weighted by Gasteiger charge is -2.13. The lowest BCUT2D eigenvalue weighted by atomic mass is 10.1. The van der Waals surface area contributed by atoms with Gasteiger partial charge in [-0.2, -0.15) is 0 Å². The lowest BCUT2D eigenvalue weighted by molar-refractivity contribution is -0.276. The maximum atomic E-state index is 12.1. The zero-order valence-corrected chi connectivity index (χ0v) is 11.6. The van der Waals surface area contributed by atoms with Gasteiger partial charge < -0.3 is 9.47 Å². The summed E-state index contributed by atoms with van der Waals surface area (Å²) in [6.07, 6.45) is -3.72. The highest BCUT2D eigenvalue weighted by Gasteiger charge is 2.33. The molecule has 0 radical (unpaired) electrons. The smallest absolute Gasteiger partial charge is 0.469 e. The van der Waals surface area contributed by atoms with E-state index in [1.165, 1.54) is 13.3 Å². The minimum atomic E-state index is -4.81. The first-order valence-electron chi connectivity index (χ1n) is 4.71. The van der Waals surface area contributed by atoms with E-state index in [1.807, 2.05) is 0 Å². The number of aromatic nitrogens is 1. The molecule has 0 aromatic carbocycles. The molecule has 4 nitrogen and oxygen atoms in total. The Bertz CT molecular complexity index is 462. The molecule has 0 aliphatic heterocycles. The molecule has 0 amide bonds. The second-order valence-electron chi connectivity index (χ2n) is 3.34. The first-order chi connectivity index (χ1) is 8.24. The van der Waals surface area contributed by atoms with Crippen molar-refractivity contribution in [2.75, 3.05) is 7.11 Å². The van der Waals surface area contributed by atoms with E-state index in [9.17, 15) is 18.0 Å². The van der Waals surface area contributed by atoms with Crippen molar-refractivity contribution in [2.45, 2.75) is 19.7 Å². The van der Waals surface area contributed by atoms with Crippen molar-refractivity contribution in [1.29, 1.82) is 0 Å². The lowest BCUT2D eigenvalue weighted by Crippen LogP contribution is -2.19. The Morgan fingerprint density at radius 1 is 1.50 bits per heavy atom. The van der Waals surface area contributed by atoms with Gasteiger partial charge in [0.2, 0.25) is 5.88 Å². The SMILES string of the molecule is COC(=O)Cc1c(C)cnc(OC(F)(F)F)c1I. The largest absolute Gasteiger partial charge is 0.574 e. The van der Waals surface area contributed by atoms with Crippen molar-refractivity contribution in [3.05, 3.63) is 20.9 Å². The van der Waals surface area contributed by atoms with Gasteiger partial charge in [-0.3, -0.25) is 4.79 Å². The van der Waals surface area contributed by atoms with E-state index in [0.717, 1.165) is 0 Å². The van der Waals surface area contributed by atoms with Crippen molar-refractivity contribution in [1.82, 2.24) is 4.98 Å². The third-order valence-corrected chi connectivity index (χ3v) is 3.18. The van der Waals surface area contributed by atoms with Gasteiger partial charge in [-0.15, -0.1) is 13.2 Å². The number of carbonyl (C=O) groups is 1. The monoisotopic (exact) mass is 375 g/mol. The maximum Gasteiger partial charge on any atom is 0.574 e. The molecule has 18 heavy (non-hydrogen) atoms. The number of rotatable bonds is 3. The number of esters is 1. The van der Waals surface area contributed by atoms with Crippen LogP contribution in [-0.4, -0.2) is 24.4 Å². The summed E-state index contributed by atoms with van der Waals surface area (Å²) in [7, 11) is 1.21. The normalized spacial score (nSPS) is 11.2. The van der Waals surface area contributed by atoms with Crippen LogP contribution in [0.15, 0.2) is 6.20 Å². The van der Waals surface area contributed by atoms with Crippen LogP contribution in [-0.2, 0) is 16.0 Å². The summed E-state index contributed by atoms with van der Waals surface area (Å²) in [6.45, 7) is 1.64. The van der Waals surface area contributed by atoms with E-state index in [4.69, 9.17) is 0 Å². The van der Waals surface area contributed by atoms with Crippen LogP contribution < -0.4 is 4.74 Å². The fourth-order valence-electron chi connectivity index (χ4n) is 1.21. The van der Waals surface area contributed by atoms with Crippen LogP contribution in [0, 0.1) is 10.5 Å². The van der Waals surface area contributed by atoms with Crippen molar-refractivity contribution >= 4 is 28.6 Å². The van der Waals surface area contributed by atoms with Gasteiger partial charge in [0.25, 0.3) is 0 Å². The van der Waals surface area contributed by atoms with Crippen molar-refractivity contribution < 1.29 is 27.4 Å². The highest BCUT2D eigenvalue weighted by molar-refractivity contribution is 14.1. The van der Waals surface area contributed by atoms with E-state index in [-0.39, 0.29) is 9.99 Å². The Kier molecular flexibility index (Phi) is 4.77. The molecule has 1 aromatic rings. The zero-order chi connectivity index (χ0) is 13.9. The number of ether oxygens (including phenoxy) is 2. The summed E-state index contributed by atoms with van der Waals surface area (Å²) in [5.41, 5.74) is 1.01. The number of halogens is 4. The molecule has 1 aromatic heterocycles. The van der Waals surface area contributed by atoms with E-state index in [2.05, 4.69) is 14.5 Å². The van der Waals surface area contributed by atoms with Crippen LogP contribution in [0.1, 0.15) is 11.1 Å². The molecule has 0 bridgehead atoms. The summed E-state index contributed by atoms with van der Waals surface area (Å²) < 4.78 is 44.8. The maximum absolute atomic E-state index is 12.1. The quantitative estimate of drug-likeness (QED) is 0.602. The Balaban J connectivity index is 3.10. The van der Waals surface area contributed by atoms with E-state index in [1.54, 1.807) is 29.5 Å². The molecule has 0 N–H and O–H groups in total. The second-order valence-corrected chi connectivity index (χ2v) is 4.42. The van der Waals surface area contributed by atoms with Crippen LogP contribution in [0.25, 0.3) is 0 Å². The molecule has 1 heterocycles. The first kappa shape index (κ1) is 15.0. The zero-order valence-electron chi connectivity index (χ0n) is 9.47. The fourth-order valence-corrected chi connectivity index (χ4v) is 2.07. The summed E-state index contributed by atoms with van der Waals surface area (Å²) in [5, 5.41) is 0. The summed E-state index contributed by atoms with van der Waals surface area (Å²) in [6, 6.07) is 0. The highest BCUT2D eigenvalue weighted by atomic mass is 127. The average Bonchev–Trinajstić information content (AvgIpc) is 2.26. The summed E-state index contributed by atoms with van der Waals surface area (Å²) in [4.78, 5) is 14.7. The van der Waals surface area contributed by atoms with Crippen LogP contribution in [0.3, 0.4) is 0 Å². The van der Waals surface area contributed by atoms with Crippen LogP contribution in [0.5, 0.6) is 5.88 Å². The Morgan fingerprint density at radius 2 is 2.11 bits per heavy atom. The topological polar surface area (TPSA) is 48.4 Å². The van der Waals surface area contributed by atoms with Gasteiger partial charge >= 0.3 is 12.3 Å². The average molecular weight is 375 g/mol. The van der Waals surface area contributed by atoms with Crippen LogP contribution in [0.4, 0.5) is 13.2 Å². The van der Waals surface area contributed by atoms with Gasteiger partial charge in [0.05, 0.1) is 17.1 Å². The van der Waals surface area contributed by atoms with Crippen LogP contribution in [0.2, 0.25) is 0 Å². The van der Waals surface area contributed by atoms with Gasteiger partial charge in [-0.1, -0.05) is 0 Å². The van der Waals surface area contributed by atoms with Crippen LogP contribution >= 0.6 is 22.6 Å². The predicted molar refractivity (Wildman–Crippen MR) is 64.1 cm³/mol. The van der Waals surface area contributed by atoms with Gasteiger partial charge in [0.1, 0.15) is 0 Å². The van der Waals surface area contributed by atoms with Gasteiger partial charge in [0, 0.05) is 6.20 Å². The Hall–Kier alpha value is -1.06. The third-order valence-electron chi connectivity index (χ3n) is 2.07. The number of carbonyl (C=O) groups excluding carboxylic acids is 1. The molecule has 0 aliphatic carbocycles. The number of nitrogens with zero attached hydrogens (tertiary/aromatic N) is 1. The number of methoxy groups -OCH3 is 1. The Morgan fingerprint density at radius 3 is 2.61 bits per heavy atom. The van der Waals surface area contributed by atoms with Gasteiger partial charge in [0.15, 0.2) is 0 Å². The molecule has 100 valence electrons. The van der Waals surface area contributed by atoms with Gasteiger partial charge in [-0.25, -0.2) is 4.98 Å². The van der Waals surface area contributed by atoms with E-state index < -0.39 is 18.2 Å². The first-order valence-corrected chi connectivity index (χ1v) is 5.79. The minimum absolute atomic E-state index is 0.128. The Labute approximate surface area is 115 Å². The van der Waals surface area contributed by atoms with Crippen molar-refractivity contribution in [3.63, 3.8) is 0 Å². The van der Waals surface area contributed by atoms with E-state index >= 15 is 0 Å². The predicted octanol–water partition coefficient (Wildman–Crippen LogP) is 2.61. The summed E-state index contributed by atoms with van der Waals surface area (Å²) in [5.74, 6) is -1.10. The molecule has 0 unspecified atom stereocenters. The molecule has 0 fully saturated rings. The fraction of sp³-hybridized carbons (Fsp3) is 0.400. The standard InChI is InChI=1S/C10H9F3INO3/c1-5-4-15-9(18-10(11,12)13)8(14)6(5)3-7(16)17-2/h4H,3H2,1-2H3. The molecule has 0 spiro atoms. The second kappa shape index (κ2) is 5.72. The third kappa shape index (κ3) is 4.00. The number of hydrogen-bond donors (Lipinski definition) is 0. The minimum Gasteiger partial charge on any atom is -0.469 e. The van der Waals surface area contributed by atoms with E-state index in [0.29, 0.717) is 11.1 Å². The molecule has 8 heteroatoms. The molecule has 0 aliphatic rings. The van der Waals surface area contributed by atoms with Gasteiger partial charge in [-0.05, 0) is 40.6 Å². The summed E-state index contributed by atoms with van der Waals surface area (Å²) >= 11 is 1.66. The number of alkyl halides is 3. The highest BCUT2D eigenvalue weighted by Crippen LogP contribution is 2.29. The molecule has 0 saturated heterocycles.